The lowest BCUT2D eigenvalue weighted by molar-refractivity contribution is 0.672. The van der Waals surface area contributed by atoms with Crippen LogP contribution in [0, 0.1) is 0 Å². The van der Waals surface area contributed by atoms with E-state index < -0.39 is 9.38 Å². The average molecular weight is 194 g/mol. The molecule has 0 unspecified atom stereocenters. The first-order chi connectivity index (χ1) is 5.12. The van der Waals surface area contributed by atoms with Gasteiger partial charge >= 0.3 is 0 Å². The van der Waals surface area contributed by atoms with E-state index in [1.54, 1.807) is 0 Å². The van der Waals surface area contributed by atoms with Crippen molar-refractivity contribution < 1.29 is 4.21 Å². The van der Waals surface area contributed by atoms with Crippen molar-refractivity contribution in [2.45, 2.75) is 39.5 Å². The number of hydrogen-bond acceptors (Lipinski definition) is 1. The summed E-state index contributed by atoms with van der Waals surface area (Å²) in [6.45, 7) is 4.34. The van der Waals surface area contributed by atoms with E-state index in [9.17, 15) is 4.21 Å². The van der Waals surface area contributed by atoms with Gasteiger partial charge in [-0.3, -0.25) is 4.21 Å². The van der Waals surface area contributed by atoms with Gasteiger partial charge in [0, 0.05) is 0 Å². The van der Waals surface area contributed by atoms with Crippen LogP contribution < -0.4 is 0 Å². The molecule has 3 heteroatoms. The van der Waals surface area contributed by atoms with E-state index in [0.29, 0.717) is 0 Å². The summed E-state index contributed by atoms with van der Waals surface area (Å²) in [6.07, 6.45) is 4.73. The normalized spacial score (nSPS) is 13.6. The van der Waals surface area contributed by atoms with E-state index >= 15 is 0 Å². The minimum absolute atomic E-state index is 0.932. The van der Waals surface area contributed by atoms with E-state index in [4.69, 9.17) is 0 Å². The van der Waals surface area contributed by atoms with Crippen molar-refractivity contribution in [1.29, 1.82) is 0 Å². The molecule has 0 aromatic carbocycles. The third kappa shape index (κ3) is 6.75. The molecule has 0 saturated heterocycles. The molecular weight excluding hydrogens is 172 g/mol. The largest absolute Gasteiger partial charge is 0.291 e. The van der Waals surface area contributed by atoms with Crippen molar-refractivity contribution in [2.75, 3.05) is 11.5 Å². The van der Waals surface area contributed by atoms with Crippen LogP contribution in [0.4, 0.5) is 0 Å². The van der Waals surface area contributed by atoms with Gasteiger partial charge in [-0.15, -0.1) is 9.38 Å². The molecule has 0 fully saturated rings. The first-order valence-corrected chi connectivity index (χ1v) is 9.88. The molecule has 0 radical (unpaired) electrons. The highest BCUT2D eigenvalue weighted by molar-refractivity contribution is 8.22. The molecule has 0 amide bonds. The van der Waals surface area contributed by atoms with Crippen LogP contribution >= 0.6 is 0 Å². The summed E-state index contributed by atoms with van der Waals surface area (Å²) < 4.78 is 11.8. The van der Waals surface area contributed by atoms with Crippen LogP contribution in [0.25, 0.3) is 0 Å². The van der Waals surface area contributed by atoms with E-state index in [1.807, 2.05) is 0 Å². The maximum atomic E-state index is 11.8. The summed E-state index contributed by atoms with van der Waals surface area (Å²) in [4.78, 5) is 0. The number of unbranched alkanes of at least 4 members (excludes halogenated alkanes) is 2. The number of hydrogen-bond donors (Lipinski definition) is 1. The van der Waals surface area contributed by atoms with Crippen LogP contribution in [-0.4, -0.2) is 25.1 Å². The molecular formula is C8H22OSSi. The summed E-state index contributed by atoms with van der Waals surface area (Å²) in [5.74, 6) is 2.05. The fourth-order valence-electron chi connectivity index (χ4n) is 1.10. The molecule has 0 spiro atoms. The zero-order valence-corrected chi connectivity index (χ0v) is 11.0. The fourth-order valence-corrected chi connectivity index (χ4v) is 5.19. The van der Waals surface area contributed by atoms with Gasteiger partial charge < -0.3 is 0 Å². The van der Waals surface area contributed by atoms with Gasteiger partial charge in [-0.1, -0.05) is 26.7 Å². The molecule has 0 rings (SSSR count). The first kappa shape index (κ1) is 11.4. The Morgan fingerprint density at radius 2 is 1.45 bits per heavy atom. The van der Waals surface area contributed by atoms with Gasteiger partial charge in [-0.25, -0.2) is 0 Å². The highest BCUT2D eigenvalue weighted by atomic mass is 32.4. The molecule has 0 bridgehead atoms. The molecule has 1 nitrogen and oxygen atoms in total. The molecule has 70 valence electrons. The average Bonchev–Trinajstić information content (AvgIpc) is 1.97. The minimum Gasteiger partial charge on any atom is -0.291 e. The Balaban J connectivity index is 3.53. The monoisotopic (exact) mass is 194 g/mol. The number of rotatable bonds is 6. The predicted octanol–water partition coefficient (Wildman–Crippen LogP) is 0.884. The maximum Gasteiger partial charge on any atom is 0.0822 e. The van der Waals surface area contributed by atoms with Gasteiger partial charge in [0.25, 0.3) is 0 Å². The van der Waals surface area contributed by atoms with Crippen molar-refractivity contribution in [3.05, 3.63) is 0 Å². The summed E-state index contributed by atoms with van der Waals surface area (Å²) in [6, 6.07) is 0. The van der Waals surface area contributed by atoms with Crippen LogP contribution in [0.3, 0.4) is 0 Å². The lowest BCUT2D eigenvalue weighted by Crippen LogP contribution is -2.20. The lowest BCUT2D eigenvalue weighted by atomic mass is 10.4. The third-order valence-corrected chi connectivity index (χ3v) is 7.18. The van der Waals surface area contributed by atoms with Gasteiger partial charge in [-0.05, 0) is 24.3 Å². The fraction of sp³-hybridized carbons (Fsp3) is 1.00. The van der Waals surface area contributed by atoms with E-state index in [2.05, 4.69) is 13.8 Å². The summed E-state index contributed by atoms with van der Waals surface area (Å²) >= 11 is 0. The minimum atomic E-state index is -1.59. The van der Waals surface area contributed by atoms with Crippen LogP contribution in [0.15, 0.2) is 0 Å². The third-order valence-electron chi connectivity index (χ3n) is 1.97. The standard InChI is InChI=1S/C8H22OSSi/c1-3-5-7-10(9,11)8-6-4-2/h10H,3-8H2,1-2,11H3. The molecule has 0 aliphatic heterocycles. The molecule has 0 saturated carbocycles. The Morgan fingerprint density at radius 1 is 1.09 bits per heavy atom. The van der Waals surface area contributed by atoms with Crippen molar-refractivity contribution in [1.82, 2.24) is 0 Å². The summed E-state index contributed by atoms with van der Waals surface area (Å²) in [5.41, 5.74) is 0. The summed E-state index contributed by atoms with van der Waals surface area (Å²) in [7, 11) is -0.654. The zero-order chi connectivity index (χ0) is 8.74. The van der Waals surface area contributed by atoms with Gasteiger partial charge in [0.2, 0.25) is 0 Å². The highest BCUT2D eigenvalue weighted by Gasteiger charge is 2.05. The van der Waals surface area contributed by atoms with Gasteiger partial charge in [0.15, 0.2) is 0 Å². The Labute approximate surface area is 74.5 Å². The van der Waals surface area contributed by atoms with Crippen LogP contribution in [0.1, 0.15) is 39.5 Å². The maximum absolute atomic E-state index is 11.8. The molecule has 0 aliphatic rings. The lowest BCUT2D eigenvalue weighted by Gasteiger charge is -2.17. The van der Waals surface area contributed by atoms with Crippen molar-refractivity contribution >= 4 is 18.8 Å². The molecule has 0 N–H and O–H groups in total. The second-order valence-electron chi connectivity index (χ2n) is 3.45. The molecule has 0 aliphatic carbocycles. The summed E-state index contributed by atoms with van der Waals surface area (Å²) in [5, 5.41) is 0. The van der Waals surface area contributed by atoms with Crippen molar-refractivity contribution in [3.8, 4) is 0 Å². The predicted molar refractivity (Wildman–Crippen MR) is 59.0 cm³/mol. The van der Waals surface area contributed by atoms with E-state index in [-0.39, 0.29) is 0 Å². The molecule has 0 aromatic rings. The second kappa shape index (κ2) is 5.95. The van der Waals surface area contributed by atoms with Gasteiger partial charge in [0.1, 0.15) is 0 Å². The zero-order valence-electron chi connectivity index (χ0n) is 8.10. The smallest absolute Gasteiger partial charge is 0.0822 e. The molecule has 0 atom stereocenters. The van der Waals surface area contributed by atoms with E-state index in [0.717, 1.165) is 20.9 Å². The van der Waals surface area contributed by atoms with Crippen LogP contribution in [0.2, 0.25) is 0 Å². The Hall–Kier alpha value is 0.367. The van der Waals surface area contributed by atoms with Gasteiger partial charge in [0.05, 0.1) is 9.39 Å². The quantitative estimate of drug-likeness (QED) is 0.491. The SMILES string of the molecule is CCCC[SH](=O)([SiH3])CCCC. The van der Waals surface area contributed by atoms with Crippen LogP contribution in [0.5, 0.6) is 0 Å². The van der Waals surface area contributed by atoms with Crippen molar-refractivity contribution in [3.63, 3.8) is 0 Å². The van der Waals surface area contributed by atoms with E-state index in [1.165, 1.54) is 25.7 Å². The topological polar surface area (TPSA) is 17.1 Å². The Kier molecular flexibility index (Phi) is 6.15. The van der Waals surface area contributed by atoms with Crippen LogP contribution in [-0.2, 0) is 9.38 Å². The van der Waals surface area contributed by atoms with Gasteiger partial charge in [-0.2, -0.15) is 0 Å². The first-order valence-electron chi connectivity index (χ1n) is 4.68. The highest BCUT2D eigenvalue weighted by Crippen LogP contribution is 2.05. The molecule has 11 heavy (non-hydrogen) atoms. The molecule has 0 aromatic heterocycles. The number of thiol groups is 1. The van der Waals surface area contributed by atoms with Crippen molar-refractivity contribution in [2.24, 2.45) is 0 Å². The second-order valence-corrected chi connectivity index (χ2v) is 11.8. The Bertz CT molecular complexity index is 124. The molecule has 0 heterocycles. The Morgan fingerprint density at radius 3 is 1.73 bits per heavy atom.